The molecule has 1 aliphatic rings. The van der Waals surface area contributed by atoms with Crippen LogP contribution < -0.4 is 14.4 Å². The zero-order chi connectivity index (χ0) is 22.7. The lowest BCUT2D eigenvalue weighted by Gasteiger charge is -2.23. The first-order valence-electron chi connectivity index (χ1n) is 10.4. The molecule has 32 heavy (non-hydrogen) atoms. The van der Waals surface area contributed by atoms with Crippen LogP contribution in [-0.4, -0.2) is 37.6 Å². The van der Waals surface area contributed by atoms with E-state index in [1.807, 2.05) is 36.4 Å². The Kier molecular flexibility index (Phi) is 5.97. The Bertz CT molecular complexity index is 1140. The number of ether oxygens (including phenoxy) is 2. The third-order valence-corrected chi connectivity index (χ3v) is 5.83. The van der Waals surface area contributed by atoms with Gasteiger partial charge in [-0.05, 0) is 36.2 Å². The van der Waals surface area contributed by atoms with Crippen molar-refractivity contribution in [1.82, 2.24) is 0 Å². The number of anilines is 1. The number of Topliss-reactive ketones (excluding diaryl/α,β-unsaturated/α-hetero) is 1. The summed E-state index contributed by atoms with van der Waals surface area (Å²) in [6, 6.07) is 21.8. The molecule has 0 fully saturated rings. The highest BCUT2D eigenvalue weighted by atomic mass is 16.5. The molecule has 0 radical (unpaired) electrons. The molecule has 0 spiro atoms. The fourth-order valence-electron chi connectivity index (χ4n) is 4.14. The van der Waals surface area contributed by atoms with Gasteiger partial charge in [-0.25, -0.2) is 0 Å². The van der Waals surface area contributed by atoms with E-state index < -0.39 is 23.7 Å². The summed E-state index contributed by atoms with van der Waals surface area (Å²) in [5.74, 6) is -0.0519. The summed E-state index contributed by atoms with van der Waals surface area (Å²) < 4.78 is 10.5. The van der Waals surface area contributed by atoms with Crippen molar-refractivity contribution < 1.29 is 24.2 Å². The number of carbonyl (C=O) groups is 2. The first-order valence-corrected chi connectivity index (χ1v) is 10.4. The predicted molar refractivity (Wildman–Crippen MR) is 121 cm³/mol. The van der Waals surface area contributed by atoms with Crippen molar-refractivity contribution in [3.05, 3.63) is 89.5 Å². The SMILES string of the molecule is COc1ccc(OC)c(C(=O)C[C@@]2(O)C(=O)N(CCc3ccccc3)c3ccccc32)c1. The van der Waals surface area contributed by atoms with Gasteiger partial charge in [0, 0.05) is 12.1 Å². The molecule has 3 aromatic carbocycles. The fourth-order valence-corrected chi connectivity index (χ4v) is 4.14. The quantitative estimate of drug-likeness (QED) is 0.550. The summed E-state index contributed by atoms with van der Waals surface area (Å²) in [6.07, 6.45) is 0.239. The number of rotatable bonds is 8. The van der Waals surface area contributed by atoms with Gasteiger partial charge in [0.15, 0.2) is 11.4 Å². The van der Waals surface area contributed by atoms with Crippen LogP contribution in [-0.2, 0) is 16.8 Å². The molecule has 0 aliphatic carbocycles. The number of ketones is 1. The van der Waals surface area contributed by atoms with Crippen LogP contribution in [0, 0.1) is 0 Å². The van der Waals surface area contributed by atoms with E-state index in [2.05, 4.69) is 0 Å². The molecule has 1 atom stereocenters. The normalized spacial score (nSPS) is 17.2. The van der Waals surface area contributed by atoms with Gasteiger partial charge in [-0.3, -0.25) is 9.59 Å². The van der Waals surface area contributed by atoms with Crippen LogP contribution in [0.4, 0.5) is 5.69 Å². The molecule has 164 valence electrons. The Morgan fingerprint density at radius 3 is 2.41 bits per heavy atom. The largest absolute Gasteiger partial charge is 0.497 e. The van der Waals surface area contributed by atoms with Gasteiger partial charge in [-0.1, -0.05) is 48.5 Å². The van der Waals surface area contributed by atoms with Crippen molar-refractivity contribution in [3.63, 3.8) is 0 Å². The Morgan fingerprint density at radius 1 is 0.969 bits per heavy atom. The van der Waals surface area contributed by atoms with Crippen molar-refractivity contribution >= 4 is 17.4 Å². The van der Waals surface area contributed by atoms with E-state index in [0.717, 1.165) is 5.56 Å². The van der Waals surface area contributed by atoms with E-state index in [9.17, 15) is 14.7 Å². The number of amides is 1. The number of fused-ring (bicyclic) bond motifs is 1. The van der Waals surface area contributed by atoms with Crippen LogP contribution in [0.15, 0.2) is 72.8 Å². The van der Waals surface area contributed by atoms with Crippen molar-refractivity contribution in [3.8, 4) is 11.5 Å². The van der Waals surface area contributed by atoms with Gasteiger partial charge in [0.05, 0.1) is 31.9 Å². The number of methoxy groups -OCH3 is 2. The summed E-state index contributed by atoms with van der Waals surface area (Å²) >= 11 is 0. The summed E-state index contributed by atoms with van der Waals surface area (Å²) in [6.45, 7) is 0.402. The molecule has 0 saturated heterocycles. The highest BCUT2D eigenvalue weighted by Gasteiger charge is 2.50. The molecule has 1 N–H and O–H groups in total. The Labute approximate surface area is 187 Å². The summed E-state index contributed by atoms with van der Waals surface area (Å²) in [4.78, 5) is 28.2. The molecular formula is C26H25NO5. The number of nitrogens with zero attached hydrogens (tertiary/aromatic N) is 1. The van der Waals surface area contributed by atoms with Crippen LogP contribution in [0.3, 0.4) is 0 Å². The van der Waals surface area contributed by atoms with Crippen LogP contribution in [0.25, 0.3) is 0 Å². The first kappa shape index (κ1) is 21.6. The molecule has 0 bridgehead atoms. The third kappa shape index (κ3) is 3.85. The minimum absolute atomic E-state index is 0.258. The zero-order valence-electron chi connectivity index (χ0n) is 18.1. The highest BCUT2D eigenvalue weighted by Crippen LogP contribution is 2.43. The van der Waals surface area contributed by atoms with Crippen LogP contribution >= 0.6 is 0 Å². The second-order valence-electron chi connectivity index (χ2n) is 7.74. The van der Waals surface area contributed by atoms with Crippen LogP contribution in [0.2, 0.25) is 0 Å². The number of para-hydroxylation sites is 1. The van der Waals surface area contributed by atoms with Crippen molar-refractivity contribution in [2.45, 2.75) is 18.4 Å². The lowest BCUT2D eigenvalue weighted by Crippen LogP contribution is -2.42. The smallest absolute Gasteiger partial charge is 0.264 e. The molecule has 3 aromatic rings. The van der Waals surface area contributed by atoms with Gasteiger partial charge in [0.25, 0.3) is 5.91 Å². The zero-order valence-corrected chi connectivity index (χ0v) is 18.1. The van der Waals surface area contributed by atoms with Crippen LogP contribution in [0.1, 0.15) is 27.9 Å². The molecule has 6 heteroatoms. The maximum Gasteiger partial charge on any atom is 0.264 e. The molecule has 0 saturated carbocycles. The monoisotopic (exact) mass is 431 g/mol. The standard InChI is InChI=1S/C26H25NO5/c1-31-19-12-13-24(32-2)20(16-19)23(28)17-26(30)21-10-6-7-11-22(21)27(25(26)29)15-14-18-8-4-3-5-9-18/h3-13,16,30H,14-15,17H2,1-2H3/t26-/m0/s1. The first-order chi connectivity index (χ1) is 15.5. The maximum absolute atomic E-state index is 13.4. The predicted octanol–water partition coefficient (Wildman–Crippen LogP) is 3.75. The van der Waals surface area contributed by atoms with E-state index in [-0.39, 0.29) is 5.56 Å². The highest BCUT2D eigenvalue weighted by molar-refractivity contribution is 6.11. The van der Waals surface area contributed by atoms with Gasteiger partial charge in [-0.2, -0.15) is 0 Å². The Hall–Kier alpha value is -3.64. The van der Waals surface area contributed by atoms with Gasteiger partial charge in [0.1, 0.15) is 11.5 Å². The molecule has 4 rings (SSSR count). The molecule has 1 amide bonds. The number of benzene rings is 3. The second kappa shape index (κ2) is 8.85. The number of aliphatic hydroxyl groups is 1. The minimum Gasteiger partial charge on any atom is -0.497 e. The summed E-state index contributed by atoms with van der Waals surface area (Å²) in [5.41, 5.74) is 0.465. The van der Waals surface area contributed by atoms with E-state index >= 15 is 0 Å². The topological polar surface area (TPSA) is 76.1 Å². The molecule has 1 aliphatic heterocycles. The number of hydrogen-bond donors (Lipinski definition) is 1. The average molecular weight is 431 g/mol. The van der Waals surface area contributed by atoms with Crippen molar-refractivity contribution in [1.29, 1.82) is 0 Å². The van der Waals surface area contributed by atoms with Crippen molar-refractivity contribution in [2.75, 3.05) is 25.7 Å². The molecule has 0 unspecified atom stereocenters. The lowest BCUT2D eigenvalue weighted by molar-refractivity contribution is -0.135. The van der Waals surface area contributed by atoms with E-state index in [4.69, 9.17) is 9.47 Å². The number of carbonyl (C=O) groups excluding carboxylic acids is 2. The Balaban J connectivity index is 1.64. The van der Waals surface area contributed by atoms with Gasteiger partial charge < -0.3 is 19.5 Å². The second-order valence-corrected chi connectivity index (χ2v) is 7.74. The van der Waals surface area contributed by atoms with E-state index in [1.54, 1.807) is 41.3 Å². The molecule has 1 heterocycles. The molecule has 0 aromatic heterocycles. The average Bonchev–Trinajstić information content (AvgIpc) is 3.04. The number of hydrogen-bond acceptors (Lipinski definition) is 5. The van der Waals surface area contributed by atoms with Gasteiger partial charge in [0.2, 0.25) is 0 Å². The fraction of sp³-hybridized carbons (Fsp3) is 0.231. The lowest BCUT2D eigenvalue weighted by atomic mass is 9.88. The van der Waals surface area contributed by atoms with Crippen molar-refractivity contribution in [2.24, 2.45) is 0 Å². The third-order valence-electron chi connectivity index (χ3n) is 5.83. The van der Waals surface area contributed by atoms with E-state index in [0.29, 0.717) is 35.7 Å². The minimum atomic E-state index is -1.95. The van der Waals surface area contributed by atoms with Gasteiger partial charge in [-0.15, -0.1) is 0 Å². The summed E-state index contributed by atoms with van der Waals surface area (Å²) in [5, 5.41) is 11.5. The Morgan fingerprint density at radius 2 is 1.69 bits per heavy atom. The summed E-state index contributed by atoms with van der Waals surface area (Å²) in [7, 11) is 2.97. The van der Waals surface area contributed by atoms with Crippen LogP contribution in [0.5, 0.6) is 11.5 Å². The van der Waals surface area contributed by atoms with Gasteiger partial charge >= 0.3 is 0 Å². The molecular weight excluding hydrogens is 406 g/mol. The molecule has 6 nitrogen and oxygen atoms in total. The van der Waals surface area contributed by atoms with E-state index in [1.165, 1.54) is 14.2 Å². The maximum atomic E-state index is 13.4.